The summed E-state index contributed by atoms with van der Waals surface area (Å²) in [6, 6.07) is 0. The number of nitrogens with one attached hydrogen (secondary N) is 2. The fourth-order valence-electron chi connectivity index (χ4n) is 1.84. The van der Waals surface area contributed by atoms with E-state index in [-0.39, 0.29) is 0 Å². The average Bonchev–Trinajstić information content (AvgIpc) is 2.85. The third-order valence-electron chi connectivity index (χ3n) is 2.91. The van der Waals surface area contributed by atoms with Crippen molar-refractivity contribution in [1.82, 2.24) is 24.7 Å². The van der Waals surface area contributed by atoms with Crippen molar-refractivity contribution >= 4 is 11.6 Å². The number of aryl methyl sites for hydroxylation is 1. The molecule has 2 heterocycles. The van der Waals surface area contributed by atoms with Crippen LogP contribution in [0.2, 0.25) is 0 Å². The zero-order chi connectivity index (χ0) is 14.4. The van der Waals surface area contributed by atoms with E-state index in [0.29, 0.717) is 0 Å². The second kappa shape index (κ2) is 6.83. The van der Waals surface area contributed by atoms with Crippen LogP contribution >= 0.6 is 0 Å². The zero-order valence-corrected chi connectivity index (χ0v) is 12.2. The van der Waals surface area contributed by atoms with Crippen molar-refractivity contribution in [3.8, 4) is 0 Å². The van der Waals surface area contributed by atoms with Crippen LogP contribution in [0.3, 0.4) is 0 Å². The molecular formula is C13H21N7. The van der Waals surface area contributed by atoms with E-state index in [9.17, 15) is 0 Å². The van der Waals surface area contributed by atoms with E-state index < -0.39 is 0 Å². The van der Waals surface area contributed by atoms with Crippen LogP contribution in [0.1, 0.15) is 24.7 Å². The zero-order valence-electron chi connectivity index (χ0n) is 12.2. The van der Waals surface area contributed by atoms with E-state index in [1.807, 2.05) is 14.0 Å². The molecule has 0 aliphatic rings. The van der Waals surface area contributed by atoms with Crippen molar-refractivity contribution in [3.05, 3.63) is 24.0 Å². The van der Waals surface area contributed by atoms with Crippen molar-refractivity contribution in [2.24, 2.45) is 7.05 Å². The molecule has 0 unspecified atom stereocenters. The SMILES string of the molecule is CCCNc1ncnc(NCCc2ncn(C)n2)c1C. The summed E-state index contributed by atoms with van der Waals surface area (Å²) in [7, 11) is 1.87. The smallest absolute Gasteiger partial charge is 0.152 e. The molecule has 20 heavy (non-hydrogen) atoms. The highest BCUT2D eigenvalue weighted by Crippen LogP contribution is 2.17. The average molecular weight is 275 g/mol. The van der Waals surface area contributed by atoms with Gasteiger partial charge in [-0.15, -0.1) is 0 Å². The molecule has 2 aromatic heterocycles. The number of aromatic nitrogens is 5. The van der Waals surface area contributed by atoms with E-state index >= 15 is 0 Å². The van der Waals surface area contributed by atoms with E-state index in [4.69, 9.17) is 0 Å². The van der Waals surface area contributed by atoms with Crippen LogP contribution in [0, 0.1) is 6.92 Å². The molecule has 7 heteroatoms. The Morgan fingerprint density at radius 1 is 1.10 bits per heavy atom. The number of hydrogen-bond donors (Lipinski definition) is 2. The highest BCUT2D eigenvalue weighted by molar-refractivity contribution is 5.56. The molecule has 0 saturated heterocycles. The van der Waals surface area contributed by atoms with Gasteiger partial charge in [-0.1, -0.05) is 6.92 Å². The van der Waals surface area contributed by atoms with Crippen LogP contribution in [-0.4, -0.2) is 37.8 Å². The maximum Gasteiger partial charge on any atom is 0.152 e. The van der Waals surface area contributed by atoms with Gasteiger partial charge in [0.25, 0.3) is 0 Å². The Morgan fingerprint density at radius 2 is 1.80 bits per heavy atom. The highest BCUT2D eigenvalue weighted by atomic mass is 15.3. The molecule has 0 aliphatic heterocycles. The summed E-state index contributed by atoms with van der Waals surface area (Å²) in [6.07, 6.45) is 5.12. The Balaban J connectivity index is 1.92. The molecule has 2 aromatic rings. The fourth-order valence-corrected chi connectivity index (χ4v) is 1.84. The Bertz CT molecular complexity index is 549. The van der Waals surface area contributed by atoms with E-state index in [1.54, 1.807) is 17.3 Å². The summed E-state index contributed by atoms with van der Waals surface area (Å²) in [5.74, 6) is 2.57. The van der Waals surface area contributed by atoms with Gasteiger partial charge in [0.15, 0.2) is 5.82 Å². The highest BCUT2D eigenvalue weighted by Gasteiger charge is 2.06. The van der Waals surface area contributed by atoms with Gasteiger partial charge in [0, 0.05) is 32.1 Å². The molecular weight excluding hydrogens is 254 g/mol. The van der Waals surface area contributed by atoms with Gasteiger partial charge in [-0.25, -0.2) is 15.0 Å². The Hall–Kier alpha value is -2.18. The molecule has 0 fully saturated rings. The van der Waals surface area contributed by atoms with Gasteiger partial charge in [-0.2, -0.15) is 5.10 Å². The molecule has 7 nitrogen and oxygen atoms in total. The summed E-state index contributed by atoms with van der Waals surface area (Å²) in [4.78, 5) is 12.7. The number of anilines is 2. The van der Waals surface area contributed by atoms with Crippen molar-refractivity contribution in [2.45, 2.75) is 26.7 Å². The first-order chi connectivity index (χ1) is 9.70. The van der Waals surface area contributed by atoms with Gasteiger partial charge in [0.05, 0.1) is 0 Å². The number of rotatable bonds is 7. The minimum absolute atomic E-state index is 0.745. The lowest BCUT2D eigenvalue weighted by Crippen LogP contribution is -2.11. The van der Waals surface area contributed by atoms with Crippen molar-refractivity contribution in [3.63, 3.8) is 0 Å². The van der Waals surface area contributed by atoms with Crippen LogP contribution in [0.25, 0.3) is 0 Å². The number of nitrogens with zero attached hydrogens (tertiary/aromatic N) is 5. The van der Waals surface area contributed by atoms with Gasteiger partial charge in [0.2, 0.25) is 0 Å². The molecule has 0 bridgehead atoms. The van der Waals surface area contributed by atoms with Crippen LogP contribution in [0.5, 0.6) is 0 Å². The molecule has 0 spiro atoms. The van der Waals surface area contributed by atoms with Crippen LogP contribution in [0.15, 0.2) is 12.7 Å². The molecule has 2 N–H and O–H groups in total. The first-order valence-electron chi connectivity index (χ1n) is 6.84. The Labute approximate surface area is 118 Å². The second-order valence-corrected chi connectivity index (χ2v) is 4.63. The van der Waals surface area contributed by atoms with Gasteiger partial charge < -0.3 is 10.6 Å². The molecule has 108 valence electrons. The minimum Gasteiger partial charge on any atom is -0.370 e. The van der Waals surface area contributed by atoms with E-state index in [2.05, 4.69) is 37.6 Å². The standard InChI is InChI=1S/C13H21N7/c1-4-6-14-12-10(2)13(17-8-16-12)15-7-5-11-18-9-20(3)19-11/h8-9H,4-7H2,1-3H3,(H2,14,15,16,17). The molecule has 0 atom stereocenters. The van der Waals surface area contributed by atoms with Gasteiger partial charge in [-0.3, -0.25) is 4.68 Å². The summed E-state index contributed by atoms with van der Waals surface area (Å²) in [6.45, 7) is 5.80. The first-order valence-corrected chi connectivity index (χ1v) is 6.84. The fraction of sp³-hybridized carbons (Fsp3) is 0.538. The van der Waals surface area contributed by atoms with Gasteiger partial charge >= 0.3 is 0 Å². The van der Waals surface area contributed by atoms with Crippen LogP contribution < -0.4 is 10.6 Å². The minimum atomic E-state index is 0.745. The predicted octanol–water partition coefficient (Wildman–Crippen LogP) is 1.39. The lowest BCUT2D eigenvalue weighted by molar-refractivity contribution is 0.741. The topological polar surface area (TPSA) is 80.5 Å². The lowest BCUT2D eigenvalue weighted by atomic mass is 10.3. The Kier molecular flexibility index (Phi) is 4.86. The maximum absolute atomic E-state index is 4.28. The maximum atomic E-state index is 4.28. The molecule has 0 saturated carbocycles. The third-order valence-corrected chi connectivity index (χ3v) is 2.91. The van der Waals surface area contributed by atoms with Crippen LogP contribution in [-0.2, 0) is 13.5 Å². The molecule has 0 radical (unpaired) electrons. The molecule has 2 rings (SSSR count). The second-order valence-electron chi connectivity index (χ2n) is 4.63. The van der Waals surface area contributed by atoms with Crippen molar-refractivity contribution in [1.29, 1.82) is 0 Å². The van der Waals surface area contributed by atoms with Crippen molar-refractivity contribution < 1.29 is 0 Å². The van der Waals surface area contributed by atoms with Gasteiger partial charge in [0.1, 0.15) is 24.3 Å². The van der Waals surface area contributed by atoms with E-state index in [0.717, 1.165) is 49.0 Å². The van der Waals surface area contributed by atoms with Crippen LogP contribution in [0.4, 0.5) is 11.6 Å². The molecule has 0 amide bonds. The third kappa shape index (κ3) is 3.66. The first kappa shape index (κ1) is 14.2. The van der Waals surface area contributed by atoms with Crippen molar-refractivity contribution in [2.75, 3.05) is 23.7 Å². The summed E-state index contributed by atoms with van der Waals surface area (Å²) in [5.41, 5.74) is 1.04. The summed E-state index contributed by atoms with van der Waals surface area (Å²) < 4.78 is 1.71. The monoisotopic (exact) mass is 275 g/mol. The summed E-state index contributed by atoms with van der Waals surface area (Å²) in [5, 5.41) is 10.8. The predicted molar refractivity (Wildman–Crippen MR) is 78.7 cm³/mol. The quantitative estimate of drug-likeness (QED) is 0.795. The molecule has 0 aromatic carbocycles. The van der Waals surface area contributed by atoms with Gasteiger partial charge in [-0.05, 0) is 13.3 Å². The normalized spacial score (nSPS) is 10.6. The molecule has 0 aliphatic carbocycles. The van der Waals surface area contributed by atoms with E-state index in [1.165, 1.54) is 0 Å². The lowest BCUT2D eigenvalue weighted by Gasteiger charge is -2.11. The largest absolute Gasteiger partial charge is 0.370 e. The summed E-state index contributed by atoms with van der Waals surface area (Å²) >= 11 is 0. The Morgan fingerprint density at radius 3 is 2.40 bits per heavy atom. The number of hydrogen-bond acceptors (Lipinski definition) is 6.